The Balaban J connectivity index is 2.18. The minimum Gasteiger partial charge on any atom is -0.469 e. The summed E-state index contributed by atoms with van der Waals surface area (Å²) in [5.41, 5.74) is 5.60. The molecule has 0 unspecified atom stereocenters. The average molecular weight is 123 g/mol. The first-order chi connectivity index (χ1) is 4.38. The van der Waals surface area contributed by atoms with Crippen molar-refractivity contribution >= 4 is 0 Å². The van der Waals surface area contributed by atoms with Gasteiger partial charge in [0.05, 0.1) is 6.26 Å². The molecule has 1 aliphatic carbocycles. The Morgan fingerprint density at radius 1 is 1.67 bits per heavy atom. The van der Waals surface area contributed by atoms with E-state index in [1.165, 1.54) is 0 Å². The second-order valence-electron chi connectivity index (χ2n) is 2.52. The maximum absolute atomic E-state index is 5.60. The standard InChI is InChI=1S/C7H9NO/c8-6-4-5(6)7-2-1-3-9-7/h1-3,5-6H,4,8H2/t5-,6-/m0/s1. The maximum atomic E-state index is 5.60. The summed E-state index contributed by atoms with van der Waals surface area (Å²) in [6.45, 7) is 0. The van der Waals surface area contributed by atoms with E-state index >= 15 is 0 Å². The monoisotopic (exact) mass is 123 g/mol. The van der Waals surface area contributed by atoms with Crippen LogP contribution in [0.5, 0.6) is 0 Å². The second-order valence-corrected chi connectivity index (χ2v) is 2.52. The van der Waals surface area contributed by atoms with Gasteiger partial charge in [-0.1, -0.05) is 0 Å². The lowest BCUT2D eigenvalue weighted by Gasteiger charge is -1.86. The van der Waals surface area contributed by atoms with Crippen LogP contribution < -0.4 is 5.73 Å². The summed E-state index contributed by atoms with van der Waals surface area (Å²) in [6.07, 6.45) is 2.79. The van der Waals surface area contributed by atoms with Gasteiger partial charge >= 0.3 is 0 Å². The molecule has 1 saturated carbocycles. The first-order valence-electron chi connectivity index (χ1n) is 3.17. The van der Waals surface area contributed by atoms with Crippen LogP contribution in [-0.2, 0) is 0 Å². The Kier molecular flexibility index (Phi) is 0.904. The average Bonchev–Trinajstić information content (AvgIpc) is 2.44. The third-order valence-electron chi connectivity index (χ3n) is 1.75. The highest BCUT2D eigenvalue weighted by Gasteiger charge is 2.36. The predicted molar refractivity (Wildman–Crippen MR) is 34.0 cm³/mol. The molecule has 0 spiro atoms. The van der Waals surface area contributed by atoms with E-state index in [1.54, 1.807) is 6.26 Å². The molecule has 1 aromatic heterocycles. The fourth-order valence-corrected chi connectivity index (χ4v) is 1.04. The lowest BCUT2D eigenvalue weighted by Crippen LogP contribution is -1.99. The molecule has 0 radical (unpaired) electrons. The number of nitrogens with two attached hydrogens (primary N) is 1. The first kappa shape index (κ1) is 5.06. The summed E-state index contributed by atoms with van der Waals surface area (Å²) in [5, 5.41) is 0. The molecule has 1 heterocycles. The van der Waals surface area contributed by atoms with Crippen LogP contribution in [0.4, 0.5) is 0 Å². The van der Waals surface area contributed by atoms with Crippen molar-refractivity contribution in [2.24, 2.45) is 5.73 Å². The smallest absolute Gasteiger partial charge is 0.108 e. The Bertz CT molecular complexity index is 193. The molecule has 1 aliphatic rings. The molecule has 0 saturated heterocycles. The van der Waals surface area contributed by atoms with E-state index in [-0.39, 0.29) is 0 Å². The zero-order valence-corrected chi connectivity index (χ0v) is 5.08. The van der Waals surface area contributed by atoms with Crippen molar-refractivity contribution in [1.82, 2.24) is 0 Å². The van der Waals surface area contributed by atoms with Crippen molar-refractivity contribution in [2.45, 2.75) is 18.4 Å². The van der Waals surface area contributed by atoms with Gasteiger partial charge in [0.25, 0.3) is 0 Å². The molecular formula is C7H9NO. The number of furan rings is 1. The topological polar surface area (TPSA) is 39.2 Å². The fraction of sp³-hybridized carbons (Fsp3) is 0.429. The summed E-state index contributed by atoms with van der Waals surface area (Å²) in [5.74, 6) is 1.56. The van der Waals surface area contributed by atoms with E-state index in [2.05, 4.69) is 0 Å². The van der Waals surface area contributed by atoms with Crippen molar-refractivity contribution < 1.29 is 4.42 Å². The lowest BCUT2D eigenvalue weighted by molar-refractivity contribution is 0.509. The van der Waals surface area contributed by atoms with E-state index < -0.39 is 0 Å². The maximum Gasteiger partial charge on any atom is 0.108 e. The van der Waals surface area contributed by atoms with Crippen LogP contribution in [0.15, 0.2) is 22.8 Å². The van der Waals surface area contributed by atoms with Gasteiger partial charge in [0.2, 0.25) is 0 Å². The van der Waals surface area contributed by atoms with Gasteiger partial charge in [-0.05, 0) is 18.6 Å². The Labute approximate surface area is 53.7 Å². The van der Waals surface area contributed by atoms with Gasteiger partial charge in [0.1, 0.15) is 5.76 Å². The molecule has 2 rings (SSSR count). The van der Waals surface area contributed by atoms with Crippen LogP contribution in [-0.4, -0.2) is 6.04 Å². The van der Waals surface area contributed by atoms with E-state index in [0.717, 1.165) is 12.2 Å². The zero-order chi connectivity index (χ0) is 6.27. The third-order valence-corrected chi connectivity index (χ3v) is 1.75. The van der Waals surface area contributed by atoms with E-state index in [9.17, 15) is 0 Å². The molecule has 1 fully saturated rings. The molecular weight excluding hydrogens is 114 g/mol. The fourth-order valence-electron chi connectivity index (χ4n) is 1.04. The van der Waals surface area contributed by atoms with Gasteiger partial charge in [-0.25, -0.2) is 0 Å². The minimum absolute atomic E-state index is 0.358. The molecule has 0 aromatic carbocycles. The molecule has 0 bridgehead atoms. The summed E-state index contributed by atoms with van der Waals surface area (Å²) >= 11 is 0. The van der Waals surface area contributed by atoms with Crippen molar-refractivity contribution in [3.8, 4) is 0 Å². The SMILES string of the molecule is N[C@H]1C[C@@H]1c1ccco1. The second kappa shape index (κ2) is 1.61. The van der Waals surface area contributed by atoms with Crippen LogP contribution in [0.25, 0.3) is 0 Å². The molecule has 0 aliphatic heterocycles. The van der Waals surface area contributed by atoms with Crippen molar-refractivity contribution in [3.05, 3.63) is 24.2 Å². The lowest BCUT2D eigenvalue weighted by atomic mass is 10.3. The van der Waals surface area contributed by atoms with Crippen LogP contribution in [0.2, 0.25) is 0 Å². The van der Waals surface area contributed by atoms with Gasteiger partial charge in [-0.3, -0.25) is 0 Å². The molecule has 9 heavy (non-hydrogen) atoms. The Morgan fingerprint density at radius 2 is 2.44 bits per heavy atom. The van der Waals surface area contributed by atoms with E-state index in [0.29, 0.717) is 12.0 Å². The van der Waals surface area contributed by atoms with Crippen LogP contribution in [0, 0.1) is 0 Å². The molecule has 0 amide bonds. The van der Waals surface area contributed by atoms with Crippen LogP contribution >= 0.6 is 0 Å². The van der Waals surface area contributed by atoms with Crippen LogP contribution in [0.3, 0.4) is 0 Å². The van der Waals surface area contributed by atoms with E-state index in [1.807, 2.05) is 12.1 Å². The highest BCUT2D eigenvalue weighted by molar-refractivity contribution is 5.17. The van der Waals surface area contributed by atoms with Crippen molar-refractivity contribution in [3.63, 3.8) is 0 Å². The number of hydrogen-bond acceptors (Lipinski definition) is 2. The van der Waals surface area contributed by atoms with Crippen LogP contribution in [0.1, 0.15) is 18.1 Å². The van der Waals surface area contributed by atoms with Gasteiger partial charge in [-0.2, -0.15) is 0 Å². The van der Waals surface area contributed by atoms with Crippen molar-refractivity contribution in [1.29, 1.82) is 0 Å². The van der Waals surface area contributed by atoms with Gasteiger partial charge in [0.15, 0.2) is 0 Å². The number of rotatable bonds is 1. The zero-order valence-electron chi connectivity index (χ0n) is 5.08. The Hall–Kier alpha value is -0.760. The molecule has 2 N–H and O–H groups in total. The first-order valence-corrected chi connectivity index (χ1v) is 3.17. The Morgan fingerprint density at radius 3 is 2.89 bits per heavy atom. The quantitative estimate of drug-likeness (QED) is 0.607. The largest absolute Gasteiger partial charge is 0.469 e. The minimum atomic E-state index is 0.358. The van der Waals surface area contributed by atoms with Crippen molar-refractivity contribution in [2.75, 3.05) is 0 Å². The highest BCUT2D eigenvalue weighted by atomic mass is 16.3. The molecule has 2 atom stereocenters. The molecule has 48 valence electrons. The van der Waals surface area contributed by atoms with Gasteiger partial charge in [-0.15, -0.1) is 0 Å². The highest BCUT2D eigenvalue weighted by Crippen LogP contribution is 2.38. The summed E-state index contributed by atoms with van der Waals surface area (Å²) in [4.78, 5) is 0. The number of hydrogen-bond donors (Lipinski definition) is 1. The third kappa shape index (κ3) is 0.754. The molecule has 2 nitrogen and oxygen atoms in total. The van der Waals surface area contributed by atoms with E-state index in [4.69, 9.17) is 10.2 Å². The van der Waals surface area contributed by atoms with Gasteiger partial charge in [0, 0.05) is 12.0 Å². The normalized spacial score (nSPS) is 32.6. The van der Waals surface area contributed by atoms with Gasteiger partial charge < -0.3 is 10.2 Å². The predicted octanol–water partition coefficient (Wildman–Crippen LogP) is 1.09. The summed E-state index contributed by atoms with van der Waals surface area (Å²) in [6, 6.07) is 4.24. The summed E-state index contributed by atoms with van der Waals surface area (Å²) < 4.78 is 5.15. The summed E-state index contributed by atoms with van der Waals surface area (Å²) in [7, 11) is 0. The molecule has 2 heteroatoms. The molecule has 1 aromatic rings.